The Kier molecular flexibility index (Phi) is 8.15. The molecule has 6 heteroatoms. The Morgan fingerprint density at radius 1 is 1.20 bits per heavy atom. The zero-order valence-corrected chi connectivity index (χ0v) is 15.4. The van der Waals surface area contributed by atoms with Crippen molar-refractivity contribution in [3.63, 3.8) is 0 Å². The first-order chi connectivity index (χ1) is 11.7. The Labute approximate surface area is 149 Å². The van der Waals surface area contributed by atoms with Gasteiger partial charge in [0.05, 0.1) is 25.9 Å². The van der Waals surface area contributed by atoms with Crippen LogP contribution in [0.2, 0.25) is 0 Å². The molecule has 2 atom stereocenters. The molecule has 1 rings (SSSR count). The van der Waals surface area contributed by atoms with Gasteiger partial charge in [-0.25, -0.2) is 9.59 Å². The van der Waals surface area contributed by atoms with Crippen molar-refractivity contribution in [2.75, 3.05) is 7.11 Å². The third-order valence-corrected chi connectivity index (χ3v) is 3.15. The number of esters is 1. The molecular formula is C19H27NO5. The molecule has 1 N–H and O–H groups in total. The predicted octanol–water partition coefficient (Wildman–Crippen LogP) is 3.21. The second-order valence-electron chi connectivity index (χ2n) is 6.58. The first-order valence-corrected chi connectivity index (χ1v) is 8.12. The molecule has 0 spiro atoms. The molecule has 0 saturated heterocycles. The monoisotopic (exact) mass is 349 g/mol. The van der Waals surface area contributed by atoms with Crippen LogP contribution >= 0.6 is 0 Å². The third kappa shape index (κ3) is 8.91. The molecular weight excluding hydrogens is 322 g/mol. The van der Waals surface area contributed by atoms with E-state index in [-0.39, 0.29) is 0 Å². The fraction of sp³-hybridized carbons (Fsp3) is 0.474. The van der Waals surface area contributed by atoms with E-state index in [4.69, 9.17) is 9.47 Å². The highest BCUT2D eigenvalue weighted by Gasteiger charge is 2.22. The summed E-state index contributed by atoms with van der Waals surface area (Å²) in [4.78, 5) is 23.3. The average Bonchev–Trinajstić information content (AvgIpc) is 2.53. The summed E-state index contributed by atoms with van der Waals surface area (Å²) in [5, 5.41) is 2.73. The Morgan fingerprint density at radius 3 is 2.40 bits per heavy atom. The largest absolute Gasteiger partial charge is 0.466 e. The zero-order chi connectivity index (χ0) is 18.9. The number of hydrogen-bond donors (Lipinski definition) is 1. The topological polar surface area (TPSA) is 73.9 Å². The van der Waals surface area contributed by atoms with Crippen molar-refractivity contribution in [1.29, 1.82) is 0 Å². The molecule has 0 saturated carbocycles. The molecule has 138 valence electrons. The van der Waals surface area contributed by atoms with E-state index in [1.54, 1.807) is 33.8 Å². The van der Waals surface area contributed by atoms with Gasteiger partial charge in [0.25, 0.3) is 0 Å². The van der Waals surface area contributed by atoms with E-state index in [1.807, 2.05) is 30.3 Å². The molecule has 0 heterocycles. The van der Waals surface area contributed by atoms with Gasteiger partial charge in [0.15, 0.2) is 0 Å². The number of amides is 1. The maximum absolute atomic E-state index is 11.9. The second kappa shape index (κ2) is 9.84. The van der Waals surface area contributed by atoms with Gasteiger partial charge in [-0.3, -0.25) is 0 Å². The van der Waals surface area contributed by atoms with Crippen LogP contribution in [0.1, 0.15) is 33.3 Å². The van der Waals surface area contributed by atoms with Crippen LogP contribution in [0.5, 0.6) is 0 Å². The van der Waals surface area contributed by atoms with E-state index in [2.05, 4.69) is 10.1 Å². The molecule has 25 heavy (non-hydrogen) atoms. The lowest BCUT2D eigenvalue weighted by Gasteiger charge is -2.25. The van der Waals surface area contributed by atoms with Crippen LogP contribution in [0.25, 0.3) is 0 Å². The summed E-state index contributed by atoms with van der Waals surface area (Å²) in [6.07, 6.45) is 1.78. The first kappa shape index (κ1) is 20.7. The highest BCUT2D eigenvalue weighted by atomic mass is 16.6. The summed E-state index contributed by atoms with van der Waals surface area (Å²) < 4.78 is 15.7. The van der Waals surface area contributed by atoms with Crippen molar-refractivity contribution >= 4 is 12.1 Å². The molecule has 0 aliphatic rings. The summed E-state index contributed by atoms with van der Waals surface area (Å²) in [5.74, 6) is -0.488. The summed E-state index contributed by atoms with van der Waals surface area (Å²) >= 11 is 0. The van der Waals surface area contributed by atoms with Gasteiger partial charge in [-0.2, -0.15) is 0 Å². The molecule has 1 aromatic carbocycles. The summed E-state index contributed by atoms with van der Waals surface area (Å²) in [5.41, 5.74) is 0.398. The molecule has 1 amide bonds. The van der Waals surface area contributed by atoms with Gasteiger partial charge < -0.3 is 19.5 Å². The molecule has 1 aromatic rings. The summed E-state index contributed by atoms with van der Waals surface area (Å²) in [7, 11) is 1.30. The molecule has 0 aliphatic carbocycles. The maximum Gasteiger partial charge on any atom is 0.407 e. The number of carbonyl (C=O) groups excluding carboxylic acids is 2. The smallest absolute Gasteiger partial charge is 0.407 e. The average molecular weight is 349 g/mol. The number of methoxy groups -OCH3 is 1. The predicted molar refractivity (Wildman–Crippen MR) is 95.0 cm³/mol. The second-order valence-corrected chi connectivity index (χ2v) is 6.58. The number of alkyl carbamates (subject to hydrolysis) is 1. The van der Waals surface area contributed by atoms with Crippen molar-refractivity contribution in [3.8, 4) is 0 Å². The number of ether oxygens (including phenoxy) is 3. The zero-order valence-electron chi connectivity index (χ0n) is 15.4. The van der Waals surface area contributed by atoms with Crippen LogP contribution in [0.3, 0.4) is 0 Å². The Balaban J connectivity index is 2.73. The van der Waals surface area contributed by atoms with Gasteiger partial charge in [0.1, 0.15) is 5.60 Å². The lowest BCUT2D eigenvalue weighted by molar-refractivity contribution is -0.134. The van der Waals surface area contributed by atoms with Crippen LogP contribution in [0.15, 0.2) is 42.5 Å². The van der Waals surface area contributed by atoms with Crippen molar-refractivity contribution in [2.45, 2.75) is 52.0 Å². The van der Waals surface area contributed by atoms with Gasteiger partial charge in [0, 0.05) is 6.08 Å². The highest BCUT2D eigenvalue weighted by molar-refractivity contribution is 5.81. The van der Waals surface area contributed by atoms with Crippen molar-refractivity contribution < 1.29 is 23.8 Å². The van der Waals surface area contributed by atoms with Crippen LogP contribution in [-0.2, 0) is 25.6 Å². The molecule has 0 unspecified atom stereocenters. The summed E-state index contributed by atoms with van der Waals surface area (Å²) in [6.45, 7) is 7.49. The molecule has 0 bridgehead atoms. The minimum Gasteiger partial charge on any atom is -0.466 e. The van der Waals surface area contributed by atoms with E-state index >= 15 is 0 Å². The number of nitrogens with one attached hydrogen (secondary N) is 1. The molecule has 0 aromatic heterocycles. The minimum atomic E-state index is -0.591. The van der Waals surface area contributed by atoms with Gasteiger partial charge >= 0.3 is 12.1 Å². The normalized spacial score (nSPS) is 14.0. The number of rotatable bonds is 7. The number of hydrogen-bond acceptors (Lipinski definition) is 5. The highest BCUT2D eigenvalue weighted by Crippen LogP contribution is 2.10. The van der Waals surface area contributed by atoms with E-state index in [1.165, 1.54) is 13.2 Å². The number of carbonyl (C=O) groups is 2. The van der Waals surface area contributed by atoms with Gasteiger partial charge in [-0.05, 0) is 39.3 Å². The van der Waals surface area contributed by atoms with Gasteiger partial charge in [-0.1, -0.05) is 30.3 Å². The van der Waals surface area contributed by atoms with Crippen LogP contribution in [-0.4, -0.2) is 36.9 Å². The van der Waals surface area contributed by atoms with Gasteiger partial charge in [-0.15, -0.1) is 0 Å². The lowest BCUT2D eigenvalue weighted by Crippen LogP contribution is -2.44. The van der Waals surface area contributed by atoms with E-state index < -0.39 is 29.8 Å². The van der Waals surface area contributed by atoms with E-state index in [9.17, 15) is 9.59 Å². The molecule has 0 radical (unpaired) electrons. The Morgan fingerprint density at radius 2 is 1.84 bits per heavy atom. The standard InChI is InChI=1S/C19H27NO5/c1-14(20-18(22)25-19(2,3)4)16(11-12-17(21)23-5)24-13-15-9-7-6-8-10-15/h6-12,14,16H,13H2,1-5H3,(H,20,22)/b12-11-/t14-,16-/m0/s1. The minimum absolute atomic E-state index is 0.345. The van der Waals surface area contributed by atoms with Crippen molar-refractivity contribution in [1.82, 2.24) is 5.32 Å². The number of benzene rings is 1. The Hall–Kier alpha value is -2.34. The molecule has 6 nitrogen and oxygen atoms in total. The molecule has 0 aliphatic heterocycles. The van der Waals surface area contributed by atoms with Crippen LogP contribution < -0.4 is 5.32 Å². The summed E-state index contributed by atoms with van der Waals surface area (Å²) in [6, 6.07) is 9.23. The van der Waals surface area contributed by atoms with Crippen molar-refractivity contribution in [3.05, 3.63) is 48.0 Å². The van der Waals surface area contributed by atoms with Gasteiger partial charge in [0.2, 0.25) is 0 Å². The Bertz CT molecular complexity index is 577. The van der Waals surface area contributed by atoms with E-state index in [0.29, 0.717) is 6.61 Å². The van der Waals surface area contributed by atoms with Crippen LogP contribution in [0, 0.1) is 0 Å². The third-order valence-electron chi connectivity index (χ3n) is 3.15. The molecule has 0 fully saturated rings. The maximum atomic E-state index is 11.9. The lowest BCUT2D eigenvalue weighted by atomic mass is 10.1. The SMILES string of the molecule is COC(=O)/C=C\[C@H](OCc1ccccc1)[C@H](C)NC(=O)OC(C)(C)C. The first-order valence-electron chi connectivity index (χ1n) is 8.12. The quantitative estimate of drug-likeness (QED) is 0.604. The fourth-order valence-corrected chi connectivity index (χ4v) is 1.95. The fourth-order valence-electron chi connectivity index (χ4n) is 1.95. The van der Waals surface area contributed by atoms with Crippen molar-refractivity contribution in [2.24, 2.45) is 0 Å². The van der Waals surface area contributed by atoms with Crippen LogP contribution in [0.4, 0.5) is 4.79 Å². The van der Waals surface area contributed by atoms with E-state index in [0.717, 1.165) is 5.56 Å².